The van der Waals surface area contributed by atoms with E-state index in [4.69, 9.17) is 39.5 Å². The summed E-state index contributed by atoms with van der Waals surface area (Å²) >= 11 is 17.6. The quantitative estimate of drug-likeness (QED) is 0.736. The molecule has 0 heterocycles. The van der Waals surface area contributed by atoms with Crippen LogP contribution in [0.3, 0.4) is 0 Å². The molecular weight excluding hydrogens is 326 g/mol. The van der Waals surface area contributed by atoms with Crippen LogP contribution in [-0.4, -0.2) is 5.11 Å². The summed E-state index contributed by atoms with van der Waals surface area (Å²) < 4.78 is 19.2. The lowest BCUT2D eigenvalue weighted by Gasteiger charge is -2.11. The van der Waals surface area contributed by atoms with Gasteiger partial charge in [-0.3, -0.25) is 0 Å². The Labute approximate surface area is 130 Å². The van der Waals surface area contributed by atoms with E-state index >= 15 is 0 Å². The normalized spacial score (nSPS) is 12.3. The van der Waals surface area contributed by atoms with Crippen molar-refractivity contribution in [2.24, 2.45) is 0 Å². The molecule has 2 nitrogen and oxygen atoms in total. The van der Waals surface area contributed by atoms with Gasteiger partial charge in [0.1, 0.15) is 5.75 Å². The van der Waals surface area contributed by atoms with Crippen LogP contribution in [0.5, 0.6) is 11.5 Å². The third kappa shape index (κ3) is 3.36. The van der Waals surface area contributed by atoms with Gasteiger partial charge in [0.15, 0.2) is 11.6 Å². The number of hydrogen-bond donors (Lipinski definition) is 1. The molecule has 0 spiro atoms. The fourth-order valence-electron chi connectivity index (χ4n) is 1.56. The molecule has 0 aliphatic heterocycles. The number of hydrogen-bond acceptors (Lipinski definition) is 2. The number of aliphatic hydroxyl groups excluding tert-OH is 1. The van der Waals surface area contributed by atoms with Crippen molar-refractivity contribution in [3.05, 3.63) is 56.8 Å². The first-order valence-corrected chi connectivity index (χ1v) is 6.82. The zero-order valence-corrected chi connectivity index (χ0v) is 12.6. The molecule has 2 aromatic rings. The van der Waals surface area contributed by atoms with Gasteiger partial charge < -0.3 is 9.84 Å². The van der Waals surface area contributed by atoms with Crippen LogP contribution in [0.1, 0.15) is 18.6 Å². The van der Waals surface area contributed by atoms with Gasteiger partial charge in [0.2, 0.25) is 0 Å². The topological polar surface area (TPSA) is 29.5 Å². The van der Waals surface area contributed by atoms with E-state index in [0.717, 1.165) is 0 Å². The molecule has 0 bridgehead atoms. The van der Waals surface area contributed by atoms with E-state index < -0.39 is 11.9 Å². The fourth-order valence-corrected chi connectivity index (χ4v) is 2.14. The van der Waals surface area contributed by atoms with Crippen LogP contribution in [-0.2, 0) is 0 Å². The summed E-state index contributed by atoms with van der Waals surface area (Å²) in [6.45, 7) is 1.55. The summed E-state index contributed by atoms with van der Waals surface area (Å²) in [4.78, 5) is 0. The Hall–Kier alpha value is -1.000. The average Bonchev–Trinajstić information content (AvgIpc) is 2.37. The van der Waals surface area contributed by atoms with Crippen LogP contribution in [0.15, 0.2) is 30.3 Å². The maximum atomic E-state index is 13.9. The summed E-state index contributed by atoms with van der Waals surface area (Å²) in [5.74, 6) is -0.426. The molecule has 0 amide bonds. The highest BCUT2D eigenvalue weighted by atomic mass is 35.5. The Kier molecular flexibility index (Phi) is 4.76. The minimum Gasteiger partial charge on any atom is -0.453 e. The number of aliphatic hydroxyl groups is 1. The molecule has 0 saturated heterocycles. The first-order valence-electron chi connectivity index (χ1n) is 5.68. The van der Waals surface area contributed by atoms with Gasteiger partial charge in [0, 0.05) is 6.07 Å². The maximum absolute atomic E-state index is 13.9. The van der Waals surface area contributed by atoms with Crippen molar-refractivity contribution in [3.63, 3.8) is 0 Å². The molecule has 0 aliphatic rings. The summed E-state index contributed by atoms with van der Waals surface area (Å²) in [6.07, 6.45) is -0.757. The van der Waals surface area contributed by atoms with Crippen molar-refractivity contribution in [3.8, 4) is 11.5 Å². The van der Waals surface area contributed by atoms with Crippen LogP contribution in [0, 0.1) is 5.82 Å². The van der Waals surface area contributed by atoms with Crippen LogP contribution >= 0.6 is 34.8 Å². The monoisotopic (exact) mass is 334 g/mol. The van der Waals surface area contributed by atoms with E-state index in [9.17, 15) is 9.50 Å². The minimum absolute atomic E-state index is 0.0188. The first kappa shape index (κ1) is 15.4. The Balaban J connectivity index is 2.33. The van der Waals surface area contributed by atoms with E-state index in [1.54, 1.807) is 13.0 Å². The predicted octanol–water partition coefficient (Wildman–Crippen LogP) is 5.63. The number of rotatable bonds is 3. The Morgan fingerprint density at radius 1 is 1.00 bits per heavy atom. The number of ether oxygens (including phenoxy) is 1. The molecule has 2 aromatic carbocycles. The second kappa shape index (κ2) is 6.19. The molecule has 0 radical (unpaired) electrons. The highest BCUT2D eigenvalue weighted by Gasteiger charge is 2.12. The zero-order chi connectivity index (χ0) is 14.9. The van der Waals surface area contributed by atoms with Crippen LogP contribution in [0.4, 0.5) is 4.39 Å². The van der Waals surface area contributed by atoms with E-state index in [0.29, 0.717) is 5.56 Å². The zero-order valence-electron chi connectivity index (χ0n) is 10.3. The molecular formula is C14H10Cl3FO2. The lowest BCUT2D eigenvalue weighted by molar-refractivity contribution is 0.198. The van der Waals surface area contributed by atoms with Crippen molar-refractivity contribution in [1.29, 1.82) is 0 Å². The molecule has 1 atom stereocenters. The van der Waals surface area contributed by atoms with Gasteiger partial charge >= 0.3 is 0 Å². The van der Waals surface area contributed by atoms with Gasteiger partial charge in [-0.25, -0.2) is 4.39 Å². The molecule has 2 rings (SSSR count). The molecule has 1 N–H and O–H groups in total. The van der Waals surface area contributed by atoms with Crippen molar-refractivity contribution in [2.45, 2.75) is 13.0 Å². The SMILES string of the molecule is C[C@H](O)c1ccc(Oc2cc(Cl)c(Cl)cc2Cl)c(F)c1. The molecule has 6 heteroatoms. The predicted molar refractivity (Wildman–Crippen MR) is 78.6 cm³/mol. The van der Waals surface area contributed by atoms with Crippen molar-refractivity contribution < 1.29 is 14.2 Å². The number of halogens is 4. The molecule has 20 heavy (non-hydrogen) atoms. The van der Waals surface area contributed by atoms with Crippen LogP contribution < -0.4 is 4.74 Å². The molecule has 0 aliphatic carbocycles. The van der Waals surface area contributed by atoms with Gasteiger partial charge in [-0.2, -0.15) is 0 Å². The van der Waals surface area contributed by atoms with Gasteiger partial charge in [-0.15, -0.1) is 0 Å². The lowest BCUT2D eigenvalue weighted by atomic mass is 10.1. The van der Waals surface area contributed by atoms with Crippen LogP contribution in [0.25, 0.3) is 0 Å². The third-order valence-electron chi connectivity index (χ3n) is 2.63. The first-order chi connectivity index (χ1) is 9.38. The fraction of sp³-hybridized carbons (Fsp3) is 0.143. The smallest absolute Gasteiger partial charge is 0.166 e. The van der Waals surface area contributed by atoms with E-state index in [1.807, 2.05) is 0 Å². The largest absolute Gasteiger partial charge is 0.453 e. The lowest BCUT2D eigenvalue weighted by Crippen LogP contribution is -1.95. The maximum Gasteiger partial charge on any atom is 0.166 e. The Morgan fingerprint density at radius 3 is 2.25 bits per heavy atom. The van der Waals surface area contributed by atoms with Gasteiger partial charge in [0.05, 0.1) is 21.2 Å². The standard InChI is InChI=1S/C14H10Cl3FO2/c1-7(19)8-2-3-13(12(18)4-8)20-14-6-10(16)9(15)5-11(14)17/h2-7,19H,1H3/t7-/m0/s1. The van der Waals surface area contributed by atoms with Gasteiger partial charge in [0.25, 0.3) is 0 Å². The van der Waals surface area contributed by atoms with E-state index in [1.165, 1.54) is 24.3 Å². The molecule has 0 unspecified atom stereocenters. The third-order valence-corrected chi connectivity index (χ3v) is 3.65. The van der Waals surface area contributed by atoms with E-state index in [2.05, 4.69) is 0 Å². The second-order valence-corrected chi connectivity index (χ2v) is 5.39. The summed E-state index contributed by atoms with van der Waals surface area (Å²) in [5, 5.41) is 10.1. The summed E-state index contributed by atoms with van der Waals surface area (Å²) in [7, 11) is 0. The average molecular weight is 336 g/mol. The summed E-state index contributed by atoms with van der Waals surface area (Å²) in [5.41, 5.74) is 0.454. The van der Waals surface area contributed by atoms with Gasteiger partial charge in [-0.1, -0.05) is 40.9 Å². The second-order valence-electron chi connectivity index (χ2n) is 4.16. The van der Waals surface area contributed by atoms with Crippen molar-refractivity contribution >= 4 is 34.8 Å². The molecule has 0 saturated carbocycles. The van der Waals surface area contributed by atoms with Crippen molar-refractivity contribution in [1.82, 2.24) is 0 Å². The molecule has 106 valence electrons. The highest BCUT2D eigenvalue weighted by Crippen LogP contribution is 2.37. The van der Waals surface area contributed by atoms with Gasteiger partial charge in [-0.05, 0) is 30.7 Å². The Morgan fingerprint density at radius 2 is 1.65 bits per heavy atom. The van der Waals surface area contributed by atoms with Crippen molar-refractivity contribution in [2.75, 3.05) is 0 Å². The Bertz CT molecular complexity index is 645. The number of benzene rings is 2. The molecule has 0 aromatic heterocycles. The molecule has 0 fully saturated rings. The highest BCUT2D eigenvalue weighted by molar-refractivity contribution is 6.43. The van der Waals surface area contributed by atoms with E-state index in [-0.39, 0.29) is 26.6 Å². The summed E-state index contributed by atoms with van der Waals surface area (Å²) in [6, 6.07) is 7.01. The van der Waals surface area contributed by atoms with Crippen LogP contribution in [0.2, 0.25) is 15.1 Å². The minimum atomic E-state index is -0.757.